The number of sulfone groups is 1. The molecule has 0 atom stereocenters. The summed E-state index contributed by atoms with van der Waals surface area (Å²) in [5.41, 5.74) is 3.39. The van der Waals surface area contributed by atoms with E-state index in [1.54, 1.807) is 7.05 Å². The van der Waals surface area contributed by atoms with Crippen LogP contribution in [-0.4, -0.2) is 27.6 Å². The first-order valence-electron chi connectivity index (χ1n) is 6.14. The van der Waals surface area contributed by atoms with Gasteiger partial charge in [0.2, 0.25) is 5.69 Å². The Bertz CT molecular complexity index is 836. The van der Waals surface area contributed by atoms with Crippen molar-refractivity contribution < 1.29 is 13.2 Å². The third-order valence-corrected chi connectivity index (χ3v) is 5.73. The van der Waals surface area contributed by atoms with Crippen LogP contribution in [0.15, 0.2) is 40.6 Å². The van der Waals surface area contributed by atoms with Crippen molar-refractivity contribution in [3.8, 4) is 0 Å². The zero-order valence-corrected chi connectivity index (χ0v) is 13.5. The number of para-hydroxylation sites is 1. The second kappa shape index (κ2) is 6.17. The zero-order valence-electron chi connectivity index (χ0n) is 11.9. The molecular weight excluding hydrogens is 322 g/mol. The number of benzene rings is 1. The third-order valence-electron chi connectivity index (χ3n) is 2.77. The van der Waals surface area contributed by atoms with Crippen LogP contribution in [-0.2, 0) is 9.84 Å². The Balaban J connectivity index is 2.24. The van der Waals surface area contributed by atoms with E-state index in [2.05, 4.69) is 10.3 Å². The fourth-order valence-corrected chi connectivity index (χ4v) is 3.82. The van der Waals surface area contributed by atoms with Crippen LogP contribution >= 0.6 is 11.3 Å². The molecule has 0 spiro atoms. The van der Waals surface area contributed by atoms with E-state index in [1.807, 2.05) is 30.3 Å². The SMILES string of the molecule is [C-]#[N+]c1cc(C(=O)NN(C)c2ccccc2)sc1S(C)(=O)=O. The highest BCUT2D eigenvalue weighted by atomic mass is 32.2. The number of rotatable bonds is 4. The van der Waals surface area contributed by atoms with Gasteiger partial charge in [-0.05, 0) is 18.2 Å². The van der Waals surface area contributed by atoms with Crippen LogP contribution in [0.1, 0.15) is 9.67 Å². The highest BCUT2D eigenvalue weighted by molar-refractivity contribution is 7.93. The molecule has 0 radical (unpaired) electrons. The van der Waals surface area contributed by atoms with Crippen molar-refractivity contribution in [2.75, 3.05) is 18.3 Å². The summed E-state index contributed by atoms with van der Waals surface area (Å²) in [6.45, 7) is 7.02. The molecule has 114 valence electrons. The minimum Gasteiger partial charge on any atom is -0.288 e. The summed E-state index contributed by atoms with van der Waals surface area (Å²) in [5.74, 6) is -0.462. The second-order valence-electron chi connectivity index (χ2n) is 4.50. The maximum Gasteiger partial charge on any atom is 0.278 e. The molecule has 8 heteroatoms. The van der Waals surface area contributed by atoms with Gasteiger partial charge in [0.25, 0.3) is 5.91 Å². The lowest BCUT2D eigenvalue weighted by molar-refractivity contribution is 0.0955. The predicted octanol–water partition coefficient (Wildman–Crippen LogP) is 2.48. The Labute approximate surface area is 132 Å². The number of thiophene rings is 1. The van der Waals surface area contributed by atoms with Gasteiger partial charge in [0.15, 0.2) is 9.84 Å². The van der Waals surface area contributed by atoms with E-state index < -0.39 is 15.7 Å². The molecule has 0 aliphatic carbocycles. The second-order valence-corrected chi connectivity index (χ2v) is 7.77. The minimum absolute atomic E-state index is 0.0278. The van der Waals surface area contributed by atoms with Gasteiger partial charge in [-0.3, -0.25) is 15.2 Å². The molecule has 6 nitrogen and oxygen atoms in total. The molecule has 1 aromatic heterocycles. The molecule has 0 aliphatic rings. The molecule has 0 bridgehead atoms. The summed E-state index contributed by atoms with van der Waals surface area (Å²) in [4.78, 5) is 15.5. The maximum atomic E-state index is 12.2. The van der Waals surface area contributed by atoms with Crippen LogP contribution < -0.4 is 10.4 Å². The number of hydrazine groups is 1. The van der Waals surface area contributed by atoms with E-state index in [9.17, 15) is 13.2 Å². The average Bonchev–Trinajstić information content (AvgIpc) is 2.92. The van der Waals surface area contributed by atoms with Crippen molar-refractivity contribution in [3.05, 3.63) is 52.7 Å². The number of nitrogens with zero attached hydrogens (tertiary/aromatic N) is 2. The third kappa shape index (κ3) is 3.44. The van der Waals surface area contributed by atoms with Crippen LogP contribution in [0.25, 0.3) is 4.85 Å². The predicted molar refractivity (Wildman–Crippen MR) is 86.0 cm³/mol. The number of carbonyl (C=O) groups is 1. The Kier molecular flexibility index (Phi) is 4.49. The number of nitrogens with one attached hydrogen (secondary N) is 1. The van der Waals surface area contributed by atoms with Crippen LogP contribution in [0.3, 0.4) is 0 Å². The van der Waals surface area contributed by atoms with Gasteiger partial charge < -0.3 is 0 Å². The monoisotopic (exact) mass is 335 g/mol. The Morgan fingerprint density at radius 2 is 1.95 bits per heavy atom. The zero-order chi connectivity index (χ0) is 16.3. The van der Waals surface area contributed by atoms with E-state index in [0.717, 1.165) is 23.3 Å². The van der Waals surface area contributed by atoms with Gasteiger partial charge in [-0.1, -0.05) is 18.2 Å². The van der Waals surface area contributed by atoms with Gasteiger partial charge in [-0.25, -0.2) is 13.3 Å². The molecule has 1 amide bonds. The van der Waals surface area contributed by atoms with Gasteiger partial charge in [0, 0.05) is 13.3 Å². The number of amides is 1. The molecule has 0 saturated heterocycles. The summed E-state index contributed by atoms with van der Waals surface area (Å²) >= 11 is 0.796. The van der Waals surface area contributed by atoms with E-state index in [0.29, 0.717) is 0 Å². The molecule has 1 N–H and O–H groups in total. The number of hydrogen-bond donors (Lipinski definition) is 1. The van der Waals surface area contributed by atoms with Gasteiger partial charge >= 0.3 is 0 Å². The standard InChI is InChI=1S/C14H13N3O3S2/c1-15-11-9-12(21-14(11)22(3,19)20)13(18)16-17(2)10-7-5-4-6-8-10/h4-9H,2-3H3,(H,16,18). The average molecular weight is 335 g/mol. The van der Waals surface area contributed by atoms with Gasteiger partial charge in [0.1, 0.15) is 4.21 Å². The summed E-state index contributed by atoms with van der Waals surface area (Å²) in [6.07, 6.45) is 1.02. The molecule has 2 rings (SSSR count). The van der Waals surface area contributed by atoms with Gasteiger partial charge in [-0.2, -0.15) is 0 Å². The molecule has 0 fully saturated rings. The number of hydrogen-bond acceptors (Lipinski definition) is 5. The smallest absolute Gasteiger partial charge is 0.278 e. The summed E-state index contributed by atoms with van der Waals surface area (Å²) in [5, 5.41) is 1.53. The normalized spacial score (nSPS) is 10.8. The Morgan fingerprint density at radius 1 is 1.32 bits per heavy atom. The fourth-order valence-electron chi connectivity index (χ4n) is 1.74. The molecule has 0 unspecified atom stereocenters. The number of carbonyl (C=O) groups excluding carboxylic acids is 1. The highest BCUT2D eigenvalue weighted by Crippen LogP contribution is 2.33. The first kappa shape index (κ1) is 16.0. The highest BCUT2D eigenvalue weighted by Gasteiger charge is 2.21. The maximum absolute atomic E-state index is 12.2. The lowest BCUT2D eigenvalue weighted by Gasteiger charge is -2.19. The van der Waals surface area contributed by atoms with Crippen LogP contribution in [0.5, 0.6) is 0 Å². The molecule has 0 aliphatic heterocycles. The Hall–Kier alpha value is -2.37. The Morgan fingerprint density at radius 3 is 2.45 bits per heavy atom. The molecule has 1 aromatic carbocycles. The quantitative estimate of drug-likeness (QED) is 0.688. The first-order chi connectivity index (χ1) is 10.3. The summed E-state index contributed by atoms with van der Waals surface area (Å²) in [7, 11) is -1.85. The minimum atomic E-state index is -3.53. The first-order valence-corrected chi connectivity index (χ1v) is 8.85. The lowest BCUT2D eigenvalue weighted by atomic mass is 10.3. The van der Waals surface area contributed by atoms with Crippen molar-refractivity contribution in [1.29, 1.82) is 0 Å². The van der Waals surface area contributed by atoms with Gasteiger partial charge in [-0.15, -0.1) is 11.3 Å². The van der Waals surface area contributed by atoms with Gasteiger partial charge in [0.05, 0.1) is 17.1 Å². The topological polar surface area (TPSA) is 70.8 Å². The van der Waals surface area contributed by atoms with Crippen LogP contribution in [0.4, 0.5) is 11.4 Å². The van der Waals surface area contributed by atoms with E-state index in [-0.39, 0.29) is 14.8 Å². The van der Waals surface area contributed by atoms with Crippen LogP contribution in [0.2, 0.25) is 0 Å². The molecule has 1 heterocycles. The van der Waals surface area contributed by atoms with E-state index in [4.69, 9.17) is 6.57 Å². The molecule has 2 aromatic rings. The van der Waals surface area contributed by atoms with Crippen molar-refractivity contribution in [3.63, 3.8) is 0 Å². The summed E-state index contributed by atoms with van der Waals surface area (Å²) in [6, 6.07) is 10.5. The van der Waals surface area contributed by atoms with Crippen molar-refractivity contribution in [1.82, 2.24) is 5.43 Å². The van der Waals surface area contributed by atoms with Crippen LogP contribution in [0, 0.1) is 6.57 Å². The van der Waals surface area contributed by atoms with Crippen molar-refractivity contribution in [2.45, 2.75) is 4.21 Å². The largest absolute Gasteiger partial charge is 0.288 e. The van der Waals surface area contributed by atoms with E-state index in [1.165, 1.54) is 11.1 Å². The summed E-state index contributed by atoms with van der Waals surface area (Å²) < 4.78 is 23.1. The fraction of sp³-hybridized carbons (Fsp3) is 0.143. The molecule has 0 saturated carbocycles. The molecule has 22 heavy (non-hydrogen) atoms. The lowest BCUT2D eigenvalue weighted by Crippen LogP contribution is -2.38. The van der Waals surface area contributed by atoms with Crippen molar-refractivity contribution >= 4 is 38.5 Å². The van der Waals surface area contributed by atoms with Crippen molar-refractivity contribution in [2.24, 2.45) is 0 Å². The number of anilines is 1. The van der Waals surface area contributed by atoms with E-state index >= 15 is 0 Å². The molecular formula is C14H13N3O3S2.